The van der Waals surface area contributed by atoms with Crippen molar-refractivity contribution in [2.24, 2.45) is 0 Å². The van der Waals surface area contributed by atoms with Gasteiger partial charge in [-0.2, -0.15) is 0 Å². The van der Waals surface area contributed by atoms with Gasteiger partial charge in [0.05, 0.1) is 10.6 Å². The van der Waals surface area contributed by atoms with Crippen LogP contribution in [0.25, 0.3) is 6.08 Å². The molecule has 0 fully saturated rings. The Kier molecular flexibility index (Phi) is 3.22. The largest absolute Gasteiger partial charge is 0.289 e. The molecule has 2 aromatic rings. The molecule has 0 N–H and O–H groups in total. The molecule has 0 aliphatic carbocycles. The Labute approximate surface area is 121 Å². The minimum Gasteiger partial charge on any atom is -0.289 e. The normalized spacial score (nSPS) is 18.5. The number of ketones is 1. The lowest BCUT2D eigenvalue weighted by Gasteiger charge is -2.17. The second-order valence-electron chi connectivity index (χ2n) is 4.81. The number of carbonyl (C=O) groups is 1. The molecule has 1 heterocycles. The summed E-state index contributed by atoms with van der Waals surface area (Å²) in [6.45, 7) is 0. The summed E-state index contributed by atoms with van der Waals surface area (Å²) in [5.74, 6) is -1.02. The van der Waals surface area contributed by atoms with Crippen molar-refractivity contribution in [3.05, 3.63) is 71.0 Å². The summed E-state index contributed by atoms with van der Waals surface area (Å²) < 4.78 is 37.3. The van der Waals surface area contributed by atoms with Crippen LogP contribution in [0.15, 0.2) is 59.0 Å². The standard InChI is InChI=1S/C16H11FO3S/c17-13-7-5-11(6-8-13)9-12-10-21(19,20)15-4-2-1-3-14(15)16(12)18/h1-9H,10H2. The number of hydrogen-bond acceptors (Lipinski definition) is 3. The molecular formula is C16H11FO3S. The van der Waals surface area contributed by atoms with E-state index < -0.39 is 9.84 Å². The molecule has 106 valence electrons. The van der Waals surface area contributed by atoms with Crippen molar-refractivity contribution >= 4 is 21.7 Å². The van der Waals surface area contributed by atoms with Crippen LogP contribution in [0.4, 0.5) is 4.39 Å². The molecule has 2 aromatic carbocycles. The molecule has 21 heavy (non-hydrogen) atoms. The van der Waals surface area contributed by atoms with Crippen LogP contribution in [0.3, 0.4) is 0 Å². The van der Waals surface area contributed by atoms with Gasteiger partial charge >= 0.3 is 0 Å². The zero-order valence-electron chi connectivity index (χ0n) is 10.9. The molecule has 0 atom stereocenters. The van der Waals surface area contributed by atoms with Gasteiger partial charge in [-0.15, -0.1) is 0 Å². The van der Waals surface area contributed by atoms with Crippen LogP contribution in [0.1, 0.15) is 15.9 Å². The summed E-state index contributed by atoms with van der Waals surface area (Å²) in [6, 6.07) is 11.7. The van der Waals surface area contributed by atoms with E-state index in [0.717, 1.165) is 0 Å². The highest BCUT2D eigenvalue weighted by atomic mass is 32.2. The Morgan fingerprint density at radius 2 is 1.67 bits per heavy atom. The lowest BCUT2D eigenvalue weighted by atomic mass is 10.0. The number of carbonyl (C=O) groups excluding carboxylic acids is 1. The first-order chi connectivity index (χ1) is 9.97. The predicted molar refractivity (Wildman–Crippen MR) is 77.2 cm³/mol. The lowest BCUT2D eigenvalue weighted by molar-refractivity contribution is 0.103. The highest BCUT2D eigenvalue weighted by Crippen LogP contribution is 2.28. The number of hydrogen-bond donors (Lipinski definition) is 0. The van der Waals surface area contributed by atoms with Gasteiger partial charge in [0.1, 0.15) is 5.82 Å². The maximum absolute atomic E-state index is 12.9. The molecule has 0 bridgehead atoms. The zero-order valence-corrected chi connectivity index (χ0v) is 11.7. The molecule has 0 saturated carbocycles. The number of rotatable bonds is 1. The molecule has 3 rings (SSSR count). The van der Waals surface area contributed by atoms with E-state index in [2.05, 4.69) is 0 Å². The van der Waals surface area contributed by atoms with E-state index in [1.807, 2.05) is 0 Å². The van der Waals surface area contributed by atoms with Crippen LogP contribution < -0.4 is 0 Å². The maximum Gasteiger partial charge on any atom is 0.191 e. The topological polar surface area (TPSA) is 51.2 Å². The van der Waals surface area contributed by atoms with Gasteiger partial charge in [-0.05, 0) is 35.9 Å². The van der Waals surface area contributed by atoms with Crippen molar-refractivity contribution in [1.82, 2.24) is 0 Å². The van der Waals surface area contributed by atoms with Crippen molar-refractivity contribution < 1.29 is 17.6 Å². The average Bonchev–Trinajstić information content (AvgIpc) is 2.47. The third-order valence-corrected chi connectivity index (χ3v) is 5.03. The van der Waals surface area contributed by atoms with Gasteiger partial charge in [0, 0.05) is 11.1 Å². The number of Topliss-reactive ketones (excluding diaryl/α,β-unsaturated/α-hetero) is 1. The van der Waals surface area contributed by atoms with Crippen molar-refractivity contribution in [1.29, 1.82) is 0 Å². The highest BCUT2D eigenvalue weighted by molar-refractivity contribution is 7.91. The summed E-state index contributed by atoms with van der Waals surface area (Å²) in [4.78, 5) is 12.4. The molecule has 0 amide bonds. The van der Waals surface area contributed by atoms with Gasteiger partial charge < -0.3 is 0 Å². The van der Waals surface area contributed by atoms with Crippen LogP contribution >= 0.6 is 0 Å². The third-order valence-electron chi connectivity index (χ3n) is 3.31. The van der Waals surface area contributed by atoms with Crippen molar-refractivity contribution in [3.63, 3.8) is 0 Å². The van der Waals surface area contributed by atoms with Crippen molar-refractivity contribution in [2.45, 2.75) is 4.90 Å². The van der Waals surface area contributed by atoms with Gasteiger partial charge in [-0.25, -0.2) is 12.8 Å². The number of fused-ring (bicyclic) bond motifs is 1. The summed E-state index contributed by atoms with van der Waals surface area (Å²) >= 11 is 0. The molecule has 0 radical (unpaired) electrons. The fourth-order valence-corrected chi connectivity index (χ4v) is 3.87. The van der Waals surface area contributed by atoms with E-state index in [9.17, 15) is 17.6 Å². The molecule has 5 heteroatoms. The van der Waals surface area contributed by atoms with E-state index in [4.69, 9.17) is 0 Å². The molecule has 1 aliphatic rings. The first-order valence-electron chi connectivity index (χ1n) is 6.30. The van der Waals surface area contributed by atoms with E-state index in [0.29, 0.717) is 5.56 Å². The first kappa shape index (κ1) is 13.7. The van der Waals surface area contributed by atoms with Gasteiger partial charge in [-0.3, -0.25) is 4.79 Å². The zero-order chi connectivity index (χ0) is 15.0. The molecule has 0 saturated heterocycles. The lowest BCUT2D eigenvalue weighted by Crippen LogP contribution is -2.24. The number of halogens is 1. The van der Waals surface area contributed by atoms with E-state index >= 15 is 0 Å². The molecule has 1 aliphatic heterocycles. The second-order valence-corrected chi connectivity index (χ2v) is 6.76. The van der Waals surface area contributed by atoms with E-state index in [1.165, 1.54) is 42.5 Å². The monoisotopic (exact) mass is 302 g/mol. The minimum atomic E-state index is -3.52. The summed E-state index contributed by atoms with van der Waals surface area (Å²) in [7, 11) is -3.52. The van der Waals surface area contributed by atoms with E-state index in [-0.39, 0.29) is 33.4 Å². The molecular weight excluding hydrogens is 291 g/mol. The molecule has 0 spiro atoms. The first-order valence-corrected chi connectivity index (χ1v) is 7.95. The summed E-state index contributed by atoms with van der Waals surface area (Å²) in [6.07, 6.45) is 1.50. The van der Waals surface area contributed by atoms with Crippen LogP contribution in [-0.4, -0.2) is 20.0 Å². The van der Waals surface area contributed by atoms with Gasteiger partial charge in [0.2, 0.25) is 0 Å². The van der Waals surface area contributed by atoms with Gasteiger partial charge in [0.15, 0.2) is 15.6 Å². The van der Waals surface area contributed by atoms with Crippen LogP contribution in [0.5, 0.6) is 0 Å². The maximum atomic E-state index is 12.9. The smallest absolute Gasteiger partial charge is 0.191 e. The van der Waals surface area contributed by atoms with Crippen molar-refractivity contribution in [3.8, 4) is 0 Å². The van der Waals surface area contributed by atoms with Crippen LogP contribution in [0, 0.1) is 5.82 Å². The fourth-order valence-electron chi connectivity index (χ4n) is 2.31. The Balaban J connectivity index is 2.11. The Morgan fingerprint density at radius 1 is 1.00 bits per heavy atom. The predicted octanol–water partition coefficient (Wildman–Crippen LogP) is 2.88. The number of benzene rings is 2. The molecule has 3 nitrogen and oxygen atoms in total. The van der Waals surface area contributed by atoms with Crippen LogP contribution in [0.2, 0.25) is 0 Å². The second kappa shape index (κ2) is 4.93. The van der Waals surface area contributed by atoms with Gasteiger partial charge in [0.25, 0.3) is 0 Å². The quantitative estimate of drug-likeness (QED) is 0.761. The summed E-state index contributed by atoms with van der Waals surface area (Å²) in [5.41, 5.74) is 0.978. The number of sulfone groups is 1. The van der Waals surface area contributed by atoms with E-state index in [1.54, 1.807) is 12.1 Å². The fraction of sp³-hybridized carbons (Fsp3) is 0.0625. The minimum absolute atomic E-state index is 0.0752. The summed E-state index contributed by atoms with van der Waals surface area (Å²) in [5, 5.41) is 0. The Bertz CT molecular complexity index is 849. The van der Waals surface area contributed by atoms with Crippen LogP contribution in [-0.2, 0) is 9.84 Å². The Hall–Kier alpha value is -2.27. The SMILES string of the molecule is O=C1C(=Cc2ccc(F)cc2)CS(=O)(=O)c2ccccc21. The average molecular weight is 302 g/mol. The Morgan fingerprint density at radius 3 is 2.38 bits per heavy atom. The van der Waals surface area contributed by atoms with Crippen molar-refractivity contribution in [2.75, 3.05) is 5.75 Å². The highest BCUT2D eigenvalue weighted by Gasteiger charge is 2.32. The van der Waals surface area contributed by atoms with Gasteiger partial charge in [-0.1, -0.05) is 24.3 Å². The third kappa shape index (κ3) is 2.52. The molecule has 0 aromatic heterocycles. The molecule has 0 unspecified atom stereocenters.